The minimum absolute atomic E-state index is 0.358. The molecule has 1 unspecified atom stereocenters. The molecule has 0 aliphatic heterocycles. The molecule has 0 aliphatic rings. The number of hydrogen-bond acceptors (Lipinski definition) is 2. The van der Waals surface area contributed by atoms with E-state index in [1.54, 1.807) is 0 Å². The quantitative estimate of drug-likeness (QED) is 0.459. The maximum absolute atomic E-state index is 3.87. The average Bonchev–Trinajstić information content (AvgIpc) is 2.46. The van der Waals surface area contributed by atoms with Crippen LogP contribution in [0.15, 0.2) is 0 Å². The first-order valence-corrected chi connectivity index (χ1v) is 9.09. The van der Waals surface area contributed by atoms with E-state index in [1.807, 2.05) is 0 Å². The standard InChI is InChI=1S/C18H40N2/c1-6-10-12-13-15-18(5,14-11-7-2)19-16-17-20(8-3)9-4/h19H,6-17H2,1-5H3. The molecule has 0 rings (SSSR count). The highest BCUT2D eigenvalue weighted by molar-refractivity contribution is 4.83. The number of rotatable bonds is 14. The van der Waals surface area contributed by atoms with E-state index in [4.69, 9.17) is 0 Å². The SMILES string of the molecule is CCCCCCC(C)(CCCC)NCCN(CC)CC. The summed E-state index contributed by atoms with van der Waals surface area (Å²) in [5.74, 6) is 0. The zero-order valence-electron chi connectivity index (χ0n) is 14.9. The third-order valence-corrected chi connectivity index (χ3v) is 4.54. The first-order valence-electron chi connectivity index (χ1n) is 9.09. The second kappa shape index (κ2) is 12.6. The van der Waals surface area contributed by atoms with Crippen LogP contribution in [0.5, 0.6) is 0 Å². The van der Waals surface area contributed by atoms with E-state index in [2.05, 4.69) is 44.8 Å². The van der Waals surface area contributed by atoms with Gasteiger partial charge in [0.15, 0.2) is 0 Å². The summed E-state index contributed by atoms with van der Waals surface area (Å²) in [5, 5.41) is 3.87. The van der Waals surface area contributed by atoms with Gasteiger partial charge in [-0.15, -0.1) is 0 Å². The summed E-state index contributed by atoms with van der Waals surface area (Å²) < 4.78 is 0. The summed E-state index contributed by atoms with van der Waals surface area (Å²) in [5.41, 5.74) is 0.358. The first-order chi connectivity index (χ1) is 9.61. The fraction of sp³-hybridized carbons (Fsp3) is 1.00. The summed E-state index contributed by atoms with van der Waals surface area (Å²) >= 11 is 0. The summed E-state index contributed by atoms with van der Waals surface area (Å²) in [7, 11) is 0. The van der Waals surface area contributed by atoms with Crippen molar-refractivity contribution in [2.24, 2.45) is 0 Å². The third-order valence-electron chi connectivity index (χ3n) is 4.54. The number of hydrogen-bond donors (Lipinski definition) is 1. The van der Waals surface area contributed by atoms with Gasteiger partial charge >= 0.3 is 0 Å². The molecule has 2 heteroatoms. The summed E-state index contributed by atoms with van der Waals surface area (Å²) in [6, 6.07) is 0. The summed E-state index contributed by atoms with van der Waals surface area (Å²) in [6.07, 6.45) is 10.8. The highest BCUT2D eigenvalue weighted by Gasteiger charge is 2.22. The van der Waals surface area contributed by atoms with Crippen LogP contribution < -0.4 is 5.32 Å². The molecule has 0 aliphatic carbocycles. The largest absolute Gasteiger partial charge is 0.310 e. The van der Waals surface area contributed by atoms with Crippen molar-refractivity contribution in [3.05, 3.63) is 0 Å². The molecule has 0 aromatic rings. The molecule has 0 amide bonds. The van der Waals surface area contributed by atoms with Crippen molar-refractivity contribution in [1.29, 1.82) is 0 Å². The van der Waals surface area contributed by atoms with Crippen molar-refractivity contribution in [1.82, 2.24) is 10.2 Å². The van der Waals surface area contributed by atoms with Crippen molar-refractivity contribution < 1.29 is 0 Å². The molecule has 122 valence electrons. The van der Waals surface area contributed by atoms with Gasteiger partial charge in [0.25, 0.3) is 0 Å². The Balaban J connectivity index is 4.09. The van der Waals surface area contributed by atoms with Gasteiger partial charge in [-0.3, -0.25) is 0 Å². The molecule has 0 spiro atoms. The Bertz CT molecular complexity index is 202. The van der Waals surface area contributed by atoms with Crippen LogP contribution >= 0.6 is 0 Å². The van der Waals surface area contributed by atoms with Crippen molar-refractivity contribution in [2.75, 3.05) is 26.2 Å². The molecular formula is C18H40N2. The first kappa shape index (κ1) is 19.9. The molecule has 2 nitrogen and oxygen atoms in total. The van der Waals surface area contributed by atoms with Gasteiger partial charge in [-0.25, -0.2) is 0 Å². The van der Waals surface area contributed by atoms with Gasteiger partial charge in [0.05, 0.1) is 0 Å². The second-order valence-corrected chi connectivity index (χ2v) is 6.43. The monoisotopic (exact) mass is 284 g/mol. The van der Waals surface area contributed by atoms with Crippen LogP contribution in [0.3, 0.4) is 0 Å². The normalized spacial score (nSPS) is 14.7. The Hall–Kier alpha value is -0.0800. The molecule has 0 bridgehead atoms. The van der Waals surface area contributed by atoms with E-state index < -0.39 is 0 Å². The van der Waals surface area contributed by atoms with E-state index in [-0.39, 0.29) is 0 Å². The van der Waals surface area contributed by atoms with Gasteiger partial charge in [0, 0.05) is 18.6 Å². The number of likely N-dealkylation sites (N-methyl/N-ethyl adjacent to an activating group) is 1. The van der Waals surface area contributed by atoms with Crippen LogP contribution in [0.2, 0.25) is 0 Å². The zero-order valence-corrected chi connectivity index (χ0v) is 14.9. The zero-order chi connectivity index (χ0) is 15.3. The van der Waals surface area contributed by atoms with E-state index >= 15 is 0 Å². The summed E-state index contributed by atoms with van der Waals surface area (Å²) in [4.78, 5) is 2.50. The van der Waals surface area contributed by atoms with Crippen LogP contribution in [-0.2, 0) is 0 Å². The molecule has 0 aromatic carbocycles. The lowest BCUT2D eigenvalue weighted by atomic mass is 9.88. The van der Waals surface area contributed by atoms with Crippen molar-refractivity contribution in [3.8, 4) is 0 Å². The van der Waals surface area contributed by atoms with E-state index in [1.165, 1.54) is 71.0 Å². The predicted octanol–water partition coefficient (Wildman–Crippen LogP) is 4.84. The molecule has 1 N–H and O–H groups in total. The number of nitrogens with one attached hydrogen (secondary N) is 1. The number of unbranched alkanes of at least 4 members (excludes halogenated alkanes) is 4. The average molecular weight is 285 g/mol. The molecule has 0 saturated heterocycles. The van der Waals surface area contributed by atoms with Gasteiger partial charge in [-0.2, -0.15) is 0 Å². The highest BCUT2D eigenvalue weighted by Crippen LogP contribution is 2.21. The molecule has 20 heavy (non-hydrogen) atoms. The lowest BCUT2D eigenvalue weighted by Crippen LogP contribution is -2.45. The molecule has 0 heterocycles. The smallest absolute Gasteiger partial charge is 0.0153 e. The van der Waals surface area contributed by atoms with Gasteiger partial charge in [-0.05, 0) is 32.9 Å². The Kier molecular flexibility index (Phi) is 12.6. The van der Waals surface area contributed by atoms with Crippen LogP contribution in [-0.4, -0.2) is 36.6 Å². The van der Waals surface area contributed by atoms with Crippen LogP contribution in [0.1, 0.15) is 86.0 Å². The minimum Gasteiger partial charge on any atom is -0.310 e. The lowest BCUT2D eigenvalue weighted by Gasteiger charge is -2.32. The Morgan fingerprint density at radius 1 is 0.800 bits per heavy atom. The fourth-order valence-electron chi connectivity index (χ4n) is 2.87. The van der Waals surface area contributed by atoms with Gasteiger partial charge < -0.3 is 10.2 Å². The van der Waals surface area contributed by atoms with Gasteiger partial charge in [-0.1, -0.05) is 66.2 Å². The maximum Gasteiger partial charge on any atom is 0.0153 e. The molecule has 0 radical (unpaired) electrons. The highest BCUT2D eigenvalue weighted by atomic mass is 15.1. The van der Waals surface area contributed by atoms with Crippen molar-refractivity contribution in [2.45, 2.75) is 91.5 Å². The van der Waals surface area contributed by atoms with Crippen molar-refractivity contribution in [3.63, 3.8) is 0 Å². The molecule has 0 saturated carbocycles. The van der Waals surface area contributed by atoms with Gasteiger partial charge in [0.2, 0.25) is 0 Å². The third kappa shape index (κ3) is 9.77. The van der Waals surface area contributed by atoms with Crippen LogP contribution in [0.25, 0.3) is 0 Å². The van der Waals surface area contributed by atoms with E-state index in [0.29, 0.717) is 5.54 Å². The second-order valence-electron chi connectivity index (χ2n) is 6.43. The maximum atomic E-state index is 3.87. The fourth-order valence-corrected chi connectivity index (χ4v) is 2.87. The van der Waals surface area contributed by atoms with Crippen LogP contribution in [0, 0.1) is 0 Å². The Labute approximate surface area is 128 Å². The lowest BCUT2D eigenvalue weighted by molar-refractivity contribution is 0.250. The number of nitrogens with zero attached hydrogens (tertiary/aromatic N) is 1. The Morgan fingerprint density at radius 2 is 1.40 bits per heavy atom. The van der Waals surface area contributed by atoms with Gasteiger partial charge in [0.1, 0.15) is 0 Å². The van der Waals surface area contributed by atoms with Crippen LogP contribution in [0.4, 0.5) is 0 Å². The summed E-state index contributed by atoms with van der Waals surface area (Å²) in [6.45, 7) is 16.2. The minimum atomic E-state index is 0.358. The molecule has 0 aromatic heterocycles. The Morgan fingerprint density at radius 3 is 1.95 bits per heavy atom. The predicted molar refractivity (Wildman–Crippen MR) is 92.5 cm³/mol. The topological polar surface area (TPSA) is 15.3 Å². The van der Waals surface area contributed by atoms with E-state index in [0.717, 1.165) is 6.54 Å². The van der Waals surface area contributed by atoms with E-state index in [9.17, 15) is 0 Å². The molecule has 0 fully saturated rings. The molecular weight excluding hydrogens is 244 g/mol. The molecule has 1 atom stereocenters. The van der Waals surface area contributed by atoms with Crippen molar-refractivity contribution >= 4 is 0 Å².